The Hall–Kier alpha value is -4.11. The standard InChI is InChI=1S/C27H24N2O4/c1-16(2)24-23(11-10-21-22(30)12-13-32-26(21)24)33-25(20-5-3-4-17(14-20)15-28)18-6-8-19(9-7-18)27(29)31/h3-11,14,16,25H,12-13H2,1-2H3,(H2,29,31). The third kappa shape index (κ3) is 4.44. The van der Waals surface area contributed by atoms with Crippen molar-refractivity contribution in [1.29, 1.82) is 5.26 Å². The van der Waals surface area contributed by atoms with E-state index in [9.17, 15) is 14.9 Å². The molecule has 6 heteroatoms. The minimum absolute atomic E-state index is 0.0455. The summed E-state index contributed by atoms with van der Waals surface area (Å²) in [5.74, 6) is 0.774. The Balaban J connectivity index is 1.83. The molecule has 0 aliphatic carbocycles. The SMILES string of the molecule is CC(C)c1c(OC(c2ccc(C(N)=O)cc2)c2cccc(C#N)c2)ccc2c1OCCC2=O. The van der Waals surface area contributed by atoms with Crippen LogP contribution in [0, 0.1) is 11.3 Å². The molecule has 4 rings (SSSR count). The summed E-state index contributed by atoms with van der Waals surface area (Å²) in [6.45, 7) is 4.40. The first kappa shape index (κ1) is 22.1. The number of fused-ring (bicyclic) bond motifs is 1. The number of rotatable bonds is 6. The van der Waals surface area contributed by atoms with Gasteiger partial charge >= 0.3 is 0 Å². The predicted molar refractivity (Wildman–Crippen MR) is 124 cm³/mol. The normalized spacial score (nSPS) is 13.6. The van der Waals surface area contributed by atoms with Crippen molar-refractivity contribution in [3.63, 3.8) is 0 Å². The Morgan fingerprint density at radius 2 is 1.85 bits per heavy atom. The predicted octanol–water partition coefficient (Wildman–Crippen LogP) is 4.91. The number of carbonyl (C=O) groups is 2. The fourth-order valence-electron chi connectivity index (χ4n) is 4.04. The lowest BCUT2D eigenvalue weighted by atomic mass is 9.93. The molecule has 0 saturated heterocycles. The highest BCUT2D eigenvalue weighted by Crippen LogP contribution is 2.42. The van der Waals surface area contributed by atoms with Crippen LogP contribution in [0.5, 0.6) is 11.5 Å². The largest absolute Gasteiger partial charge is 0.492 e. The van der Waals surface area contributed by atoms with Crippen molar-refractivity contribution >= 4 is 11.7 Å². The Morgan fingerprint density at radius 3 is 2.52 bits per heavy atom. The molecule has 6 nitrogen and oxygen atoms in total. The highest BCUT2D eigenvalue weighted by Gasteiger charge is 2.27. The first-order chi connectivity index (χ1) is 15.9. The second-order valence-corrected chi connectivity index (χ2v) is 8.25. The Morgan fingerprint density at radius 1 is 1.09 bits per heavy atom. The van der Waals surface area contributed by atoms with E-state index < -0.39 is 12.0 Å². The van der Waals surface area contributed by atoms with Gasteiger partial charge in [-0.05, 0) is 53.4 Å². The van der Waals surface area contributed by atoms with Gasteiger partial charge in [-0.15, -0.1) is 0 Å². The lowest BCUT2D eigenvalue weighted by molar-refractivity contribution is 0.0930. The van der Waals surface area contributed by atoms with Crippen molar-refractivity contribution in [1.82, 2.24) is 0 Å². The average molecular weight is 440 g/mol. The topological polar surface area (TPSA) is 102 Å². The number of carbonyl (C=O) groups excluding carboxylic acids is 2. The number of ketones is 1. The fourth-order valence-corrected chi connectivity index (χ4v) is 4.04. The van der Waals surface area contributed by atoms with E-state index in [2.05, 4.69) is 6.07 Å². The molecule has 1 aliphatic rings. The first-order valence-corrected chi connectivity index (χ1v) is 10.8. The van der Waals surface area contributed by atoms with Crippen LogP contribution < -0.4 is 15.2 Å². The molecule has 3 aromatic carbocycles. The summed E-state index contributed by atoms with van der Waals surface area (Å²) >= 11 is 0. The molecule has 1 unspecified atom stereocenters. The number of ether oxygens (including phenoxy) is 2. The van der Waals surface area contributed by atoms with E-state index in [1.807, 2.05) is 19.9 Å². The second-order valence-electron chi connectivity index (χ2n) is 8.25. The number of hydrogen-bond acceptors (Lipinski definition) is 5. The van der Waals surface area contributed by atoms with Gasteiger partial charge in [0.2, 0.25) is 5.91 Å². The van der Waals surface area contributed by atoms with Gasteiger partial charge in [0.1, 0.15) is 17.6 Å². The quantitative estimate of drug-likeness (QED) is 0.586. The lowest BCUT2D eigenvalue weighted by Gasteiger charge is -2.27. The minimum Gasteiger partial charge on any atom is -0.492 e. The number of nitriles is 1. The van der Waals surface area contributed by atoms with Crippen LogP contribution in [0.1, 0.15) is 75.3 Å². The van der Waals surface area contributed by atoms with E-state index in [1.165, 1.54) is 0 Å². The zero-order valence-corrected chi connectivity index (χ0v) is 18.5. The van der Waals surface area contributed by atoms with E-state index in [-0.39, 0.29) is 11.7 Å². The zero-order chi connectivity index (χ0) is 23.5. The molecule has 33 heavy (non-hydrogen) atoms. The molecule has 0 aromatic heterocycles. The van der Waals surface area contributed by atoms with E-state index in [0.717, 1.165) is 16.7 Å². The Kier molecular flexibility index (Phi) is 6.14. The van der Waals surface area contributed by atoms with Crippen LogP contribution in [0.15, 0.2) is 60.7 Å². The van der Waals surface area contributed by atoms with Gasteiger partial charge in [0.05, 0.1) is 23.8 Å². The molecule has 1 amide bonds. The maximum Gasteiger partial charge on any atom is 0.248 e. The van der Waals surface area contributed by atoms with Crippen LogP contribution in [0.2, 0.25) is 0 Å². The molecular weight excluding hydrogens is 416 g/mol. The number of hydrogen-bond donors (Lipinski definition) is 1. The third-order valence-electron chi connectivity index (χ3n) is 5.67. The number of nitrogens with zero attached hydrogens (tertiary/aromatic N) is 1. The van der Waals surface area contributed by atoms with Crippen LogP contribution in [-0.2, 0) is 0 Å². The molecular formula is C27H24N2O4. The molecule has 1 heterocycles. The van der Waals surface area contributed by atoms with Crippen LogP contribution in [0.3, 0.4) is 0 Å². The van der Waals surface area contributed by atoms with Crippen LogP contribution in [-0.4, -0.2) is 18.3 Å². The highest BCUT2D eigenvalue weighted by molar-refractivity contribution is 6.00. The molecule has 1 aliphatic heterocycles. The molecule has 1 atom stereocenters. The molecule has 2 N–H and O–H groups in total. The number of benzene rings is 3. The fraction of sp³-hybridized carbons (Fsp3) is 0.222. The van der Waals surface area contributed by atoms with E-state index in [0.29, 0.717) is 41.2 Å². The molecule has 0 radical (unpaired) electrons. The van der Waals surface area contributed by atoms with Gasteiger partial charge in [-0.2, -0.15) is 5.26 Å². The summed E-state index contributed by atoms with van der Waals surface area (Å²) in [6, 6.07) is 19.8. The van der Waals surface area contributed by atoms with Crippen molar-refractivity contribution in [3.8, 4) is 17.6 Å². The monoisotopic (exact) mass is 440 g/mol. The molecule has 166 valence electrons. The number of primary amides is 1. The summed E-state index contributed by atoms with van der Waals surface area (Å²) in [5, 5.41) is 9.39. The van der Waals surface area contributed by atoms with Crippen LogP contribution in [0.4, 0.5) is 0 Å². The van der Waals surface area contributed by atoms with Crippen molar-refractivity contribution in [2.24, 2.45) is 5.73 Å². The van der Waals surface area contributed by atoms with Gasteiger partial charge in [-0.1, -0.05) is 38.1 Å². The molecule has 0 saturated carbocycles. The minimum atomic E-state index is -0.560. The van der Waals surface area contributed by atoms with Crippen molar-refractivity contribution in [2.75, 3.05) is 6.61 Å². The Labute approximate surface area is 192 Å². The summed E-state index contributed by atoms with van der Waals surface area (Å²) in [6.07, 6.45) is -0.198. The van der Waals surface area contributed by atoms with Gasteiger partial charge in [0.25, 0.3) is 0 Å². The van der Waals surface area contributed by atoms with E-state index >= 15 is 0 Å². The van der Waals surface area contributed by atoms with E-state index in [1.54, 1.807) is 54.6 Å². The van der Waals surface area contributed by atoms with Gasteiger partial charge < -0.3 is 15.2 Å². The number of nitrogens with two attached hydrogens (primary N) is 1. The van der Waals surface area contributed by atoms with Crippen LogP contribution in [0.25, 0.3) is 0 Å². The molecule has 0 spiro atoms. The van der Waals surface area contributed by atoms with Crippen LogP contribution >= 0.6 is 0 Å². The molecule has 0 bridgehead atoms. The number of Topliss-reactive ketones (excluding diaryl/α,β-unsaturated/α-hetero) is 1. The van der Waals surface area contributed by atoms with Gasteiger partial charge in [-0.3, -0.25) is 9.59 Å². The van der Waals surface area contributed by atoms with Gasteiger partial charge in [0, 0.05) is 17.5 Å². The molecule has 3 aromatic rings. The van der Waals surface area contributed by atoms with Crippen molar-refractivity contribution in [2.45, 2.75) is 32.3 Å². The summed E-state index contributed by atoms with van der Waals surface area (Å²) in [7, 11) is 0. The molecule has 0 fully saturated rings. The summed E-state index contributed by atoms with van der Waals surface area (Å²) in [4.78, 5) is 23.9. The first-order valence-electron chi connectivity index (χ1n) is 10.8. The van der Waals surface area contributed by atoms with E-state index in [4.69, 9.17) is 15.2 Å². The number of amides is 1. The Bertz CT molecular complexity index is 1260. The summed E-state index contributed by atoms with van der Waals surface area (Å²) in [5.41, 5.74) is 9.28. The van der Waals surface area contributed by atoms with Crippen molar-refractivity contribution in [3.05, 3.63) is 94.0 Å². The average Bonchev–Trinajstić information content (AvgIpc) is 2.82. The second kappa shape index (κ2) is 9.17. The van der Waals surface area contributed by atoms with Crippen molar-refractivity contribution < 1.29 is 19.1 Å². The highest BCUT2D eigenvalue weighted by atomic mass is 16.5. The third-order valence-corrected chi connectivity index (χ3v) is 5.67. The van der Waals surface area contributed by atoms with Gasteiger partial charge in [0.15, 0.2) is 5.78 Å². The summed E-state index contributed by atoms with van der Waals surface area (Å²) < 4.78 is 12.5. The zero-order valence-electron chi connectivity index (χ0n) is 18.5. The maximum atomic E-state index is 12.4. The van der Waals surface area contributed by atoms with Gasteiger partial charge in [-0.25, -0.2) is 0 Å². The lowest BCUT2D eigenvalue weighted by Crippen LogP contribution is -2.19. The smallest absolute Gasteiger partial charge is 0.248 e. The maximum absolute atomic E-state index is 12.4.